The molecule has 0 aliphatic heterocycles. The third kappa shape index (κ3) is 2.15. The van der Waals surface area contributed by atoms with E-state index in [4.69, 9.17) is 11.6 Å². The van der Waals surface area contributed by atoms with Crippen LogP contribution in [0.4, 0.5) is 5.69 Å². The SMILES string of the molecule is CC1(CNc2cn[nH]c(=O)c2Cl)CCC1. The van der Waals surface area contributed by atoms with Crippen LogP contribution in [0.25, 0.3) is 0 Å². The predicted octanol–water partition coefficient (Wildman–Crippen LogP) is 2.03. The summed E-state index contributed by atoms with van der Waals surface area (Å²) in [4.78, 5) is 11.2. The number of halogens is 1. The van der Waals surface area contributed by atoms with Crippen LogP contribution in [0.2, 0.25) is 5.02 Å². The summed E-state index contributed by atoms with van der Waals surface area (Å²) in [6.45, 7) is 3.08. The Balaban J connectivity index is 2.05. The van der Waals surface area contributed by atoms with Crippen LogP contribution in [0.1, 0.15) is 26.2 Å². The Morgan fingerprint density at radius 2 is 2.40 bits per heavy atom. The van der Waals surface area contributed by atoms with Crippen molar-refractivity contribution in [3.8, 4) is 0 Å². The van der Waals surface area contributed by atoms with Gasteiger partial charge in [0.15, 0.2) is 0 Å². The molecule has 2 N–H and O–H groups in total. The molecule has 0 bridgehead atoms. The van der Waals surface area contributed by atoms with E-state index in [1.807, 2.05) is 0 Å². The van der Waals surface area contributed by atoms with Crippen LogP contribution < -0.4 is 10.9 Å². The lowest BCUT2D eigenvalue weighted by atomic mass is 9.70. The third-order valence-electron chi connectivity index (χ3n) is 3.06. The topological polar surface area (TPSA) is 57.8 Å². The first kappa shape index (κ1) is 10.5. The number of rotatable bonds is 3. The first-order valence-electron chi connectivity index (χ1n) is 5.08. The van der Waals surface area contributed by atoms with Gasteiger partial charge in [-0.25, -0.2) is 5.10 Å². The Hall–Kier alpha value is -1.03. The molecule has 0 amide bonds. The van der Waals surface area contributed by atoms with Crippen LogP contribution in [-0.2, 0) is 0 Å². The van der Waals surface area contributed by atoms with Gasteiger partial charge in [0, 0.05) is 6.54 Å². The summed E-state index contributed by atoms with van der Waals surface area (Å²) < 4.78 is 0. The zero-order valence-corrected chi connectivity index (χ0v) is 9.40. The molecule has 1 aliphatic rings. The second-order valence-electron chi connectivity index (χ2n) is 4.44. The van der Waals surface area contributed by atoms with Crippen molar-refractivity contribution in [2.45, 2.75) is 26.2 Å². The average molecular weight is 228 g/mol. The number of nitrogens with one attached hydrogen (secondary N) is 2. The lowest BCUT2D eigenvalue weighted by molar-refractivity contribution is 0.180. The van der Waals surface area contributed by atoms with Gasteiger partial charge in [0.1, 0.15) is 5.02 Å². The highest BCUT2D eigenvalue weighted by Crippen LogP contribution is 2.40. The zero-order valence-electron chi connectivity index (χ0n) is 8.64. The molecule has 1 saturated carbocycles. The summed E-state index contributed by atoms with van der Waals surface area (Å²) in [6, 6.07) is 0. The first-order valence-corrected chi connectivity index (χ1v) is 5.46. The lowest BCUT2D eigenvalue weighted by Crippen LogP contribution is -2.33. The van der Waals surface area contributed by atoms with Crippen molar-refractivity contribution in [1.29, 1.82) is 0 Å². The van der Waals surface area contributed by atoms with Crippen molar-refractivity contribution in [1.82, 2.24) is 10.2 Å². The summed E-state index contributed by atoms with van der Waals surface area (Å²) >= 11 is 5.84. The quantitative estimate of drug-likeness (QED) is 0.831. The fourth-order valence-electron chi connectivity index (χ4n) is 1.77. The van der Waals surface area contributed by atoms with Crippen LogP contribution in [-0.4, -0.2) is 16.7 Å². The molecule has 0 saturated heterocycles. The lowest BCUT2D eigenvalue weighted by Gasteiger charge is -2.38. The standard InChI is InChI=1S/C10H14ClN3O/c1-10(3-2-4-10)6-12-7-5-13-14-9(15)8(7)11/h5H,2-4,6H2,1H3,(H2,12,14,15). The normalized spacial score (nSPS) is 18.3. The van der Waals surface area contributed by atoms with E-state index in [-0.39, 0.29) is 10.6 Å². The molecular weight excluding hydrogens is 214 g/mol. The molecule has 0 unspecified atom stereocenters. The zero-order chi connectivity index (χ0) is 10.9. The highest BCUT2D eigenvalue weighted by atomic mass is 35.5. The van der Waals surface area contributed by atoms with E-state index in [0.717, 1.165) is 6.54 Å². The second-order valence-corrected chi connectivity index (χ2v) is 4.82. The van der Waals surface area contributed by atoms with Crippen LogP contribution in [0.5, 0.6) is 0 Å². The van der Waals surface area contributed by atoms with E-state index in [2.05, 4.69) is 22.4 Å². The van der Waals surface area contributed by atoms with E-state index in [0.29, 0.717) is 11.1 Å². The number of aromatic amines is 1. The number of aromatic nitrogens is 2. The third-order valence-corrected chi connectivity index (χ3v) is 3.44. The van der Waals surface area contributed by atoms with Crippen molar-refractivity contribution in [2.24, 2.45) is 5.41 Å². The monoisotopic (exact) mass is 227 g/mol. The minimum atomic E-state index is -0.347. The van der Waals surface area contributed by atoms with Crippen LogP contribution in [0.15, 0.2) is 11.0 Å². The largest absolute Gasteiger partial charge is 0.382 e. The van der Waals surface area contributed by atoms with Gasteiger partial charge in [0.05, 0.1) is 11.9 Å². The molecule has 0 atom stereocenters. The number of nitrogens with zero attached hydrogens (tertiary/aromatic N) is 1. The van der Waals surface area contributed by atoms with Gasteiger partial charge in [-0.2, -0.15) is 5.10 Å². The second kappa shape index (κ2) is 3.85. The minimum absolute atomic E-state index is 0.188. The van der Waals surface area contributed by atoms with Crippen molar-refractivity contribution in [2.75, 3.05) is 11.9 Å². The summed E-state index contributed by atoms with van der Waals surface area (Å²) in [5.41, 5.74) is 0.625. The van der Waals surface area contributed by atoms with Gasteiger partial charge in [-0.3, -0.25) is 4.79 Å². The summed E-state index contributed by atoms with van der Waals surface area (Å²) in [5.74, 6) is 0. The molecule has 1 heterocycles. The smallest absolute Gasteiger partial charge is 0.285 e. The van der Waals surface area contributed by atoms with E-state index >= 15 is 0 Å². The summed E-state index contributed by atoms with van der Waals surface area (Å²) in [7, 11) is 0. The maximum absolute atomic E-state index is 11.2. The van der Waals surface area contributed by atoms with Gasteiger partial charge in [-0.1, -0.05) is 24.9 Å². The molecule has 0 radical (unpaired) electrons. The molecule has 1 aromatic heterocycles. The highest BCUT2D eigenvalue weighted by molar-refractivity contribution is 6.32. The van der Waals surface area contributed by atoms with Crippen LogP contribution in [0, 0.1) is 5.41 Å². The molecule has 15 heavy (non-hydrogen) atoms. The maximum Gasteiger partial charge on any atom is 0.285 e. The fraction of sp³-hybridized carbons (Fsp3) is 0.600. The summed E-state index contributed by atoms with van der Waals surface area (Å²) in [6.07, 6.45) is 5.30. The molecule has 1 aliphatic carbocycles. The van der Waals surface area contributed by atoms with Crippen molar-refractivity contribution in [3.63, 3.8) is 0 Å². The minimum Gasteiger partial charge on any atom is -0.382 e. The van der Waals surface area contributed by atoms with Crippen molar-refractivity contribution in [3.05, 3.63) is 21.6 Å². The molecule has 0 aromatic carbocycles. The van der Waals surface area contributed by atoms with Crippen molar-refractivity contribution < 1.29 is 0 Å². The fourth-order valence-corrected chi connectivity index (χ4v) is 1.93. The van der Waals surface area contributed by atoms with Gasteiger partial charge in [0.2, 0.25) is 0 Å². The average Bonchev–Trinajstić information content (AvgIpc) is 2.17. The van der Waals surface area contributed by atoms with E-state index in [1.54, 1.807) is 6.20 Å². The number of hydrogen-bond acceptors (Lipinski definition) is 3. The van der Waals surface area contributed by atoms with Gasteiger partial charge in [-0.15, -0.1) is 0 Å². The Labute approximate surface area is 93.0 Å². The molecule has 1 aromatic rings. The van der Waals surface area contributed by atoms with E-state index in [9.17, 15) is 4.79 Å². The molecule has 1 fully saturated rings. The summed E-state index contributed by atoms with van der Waals surface area (Å²) in [5, 5.41) is 9.36. The molecular formula is C10H14ClN3O. The number of anilines is 1. The Kier molecular flexibility index (Phi) is 2.69. The number of hydrogen-bond donors (Lipinski definition) is 2. The van der Waals surface area contributed by atoms with Crippen molar-refractivity contribution >= 4 is 17.3 Å². The molecule has 4 nitrogen and oxygen atoms in total. The molecule has 5 heteroatoms. The maximum atomic E-state index is 11.2. The van der Waals surface area contributed by atoms with Crippen LogP contribution in [0.3, 0.4) is 0 Å². The van der Waals surface area contributed by atoms with Gasteiger partial charge in [-0.05, 0) is 18.3 Å². The van der Waals surface area contributed by atoms with E-state index < -0.39 is 0 Å². The van der Waals surface area contributed by atoms with E-state index in [1.165, 1.54) is 19.3 Å². The Bertz CT molecular complexity index is 411. The first-order chi connectivity index (χ1) is 7.11. The Morgan fingerprint density at radius 1 is 1.67 bits per heavy atom. The van der Waals surface area contributed by atoms with Gasteiger partial charge >= 0.3 is 0 Å². The Morgan fingerprint density at radius 3 is 3.00 bits per heavy atom. The predicted molar refractivity (Wildman–Crippen MR) is 60.3 cm³/mol. The molecule has 2 rings (SSSR count). The number of H-pyrrole nitrogens is 1. The molecule has 82 valence electrons. The highest BCUT2D eigenvalue weighted by Gasteiger charge is 2.31. The van der Waals surface area contributed by atoms with Gasteiger partial charge in [0.25, 0.3) is 5.56 Å². The molecule has 0 spiro atoms. The van der Waals surface area contributed by atoms with Crippen LogP contribution >= 0.6 is 11.6 Å². The van der Waals surface area contributed by atoms with Gasteiger partial charge < -0.3 is 5.32 Å².